The molecular weight excluding hydrogens is 195 g/mol. The molecule has 0 aliphatic heterocycles. The molecule has 2 rings (SSSR count). The Kier molecular flexibility index (Phi) is 1.67. The number of hydrogen-bond donors (Lipinski definition) is 2. The number of nitrogens with one attached hydrogen (secondary N) is 1. The number of aromatic nitrogens is 2. The number of H-pyrrole nitrogens is 1. The van der Waals surface area contributed by atoms with Gasteiger partial charge in [0, 0.05) is 5.69 Å². The van der Waals surface area contributed by atoms with Crippen LogP contribution < -0.4 is 5.73 Å². The molecule has 3 nitrogen and oxygen atoms in total. The van der Waals surface area contributed by atoms with Crippen LogP contribution in [0.4, 0.5) is 18.9 Å². The third-order valence-electron chi connectivity index (χ3n) is 1.91. The summed E-state index contributed by atoms with van der Waals surface area (Å²) in [6.07, 6.45) is -3.27. The number of benzene rings is 1. The summed E-state index contributed by atoms with van der Waals surface area (Å²) in [7, 11) is 0. The van der Waals surface area contributed by atoms with Crippen molar-refractivity contribution in [1.82, 2.24) is 9.97 Å². The van der Waals surface area contributed by atoms with E-state index in [4.69, 9.17) is 5.73 Å². The molecule has 0 fully saturated rings. The molecule has 0 spiro atoms. The Bertz CT molecular complexity index is 472. The van der Waals surface area contributed by atoms with Gasteiger partial charge in [-0.05, 0) is 12.1 Å². The number of aromatic amines is 1. The van der Waals surface area contributed by atoms with E-state index in [1.54, 1.807) is 0 Å². The molecule has 14 heavy (non-hydrogen) atoms. The summed E-state index contributed by atoms with van der Waals surface area (Å²) in [6.45, 7) is 0. The Morgan fingerprint density at radius 3 is 2.64 bits per heavy atom. The lowest BCUT2D eigenvalue weighted by atomic mass is 10.1. The molecule has 0 aliphatic carbocycles. The maximum absolute atomic E-state index is 12.5. The first kappa shape index (κ1) is 8.86. The largest absolute Gasteiger partial charge is 0.420 e. The number of nitrogens with zero attached hydrogens (tertiary/aromatic N) is 1. The van der Waals surface area contributed by atoms with Gasteiger partial charge in [0.05, 0.1) is 11.8 Å². The zero-order chi connectivity index (χ0) is 10.3. The molecule has 0 bridgehead atoms. The second kappa shape index (κ2) is 2.63. The van der Waals surface area contributed by atoms with Crippen LogP contribution in [0.25, 0.3) is 11.0 Å². The molecule has 0 unspecified atom stereocenters. The van der Waals surface area contributed by atoms with Crippen molar-refractivity contribution in [1.29, 1.82) is 0 Å². The summed E-state index contributed by atoms with van der Waals surface area (Å²) in [5, 5.41) is 0. The average molecular weight is 201 g/mol. The molecule has 0 saturated heterocycles. The van der Waals surface area contributed by atoms with Crippen LogP contribution in [-0.4, -0.2) is 9.97 Å². The molecule has 1 heterocycles. The maximum Gasteiger partial charge on any atom is 0.420 e. The lowest BCUT2D eigenvalue weighted by Crippen LogP contribution is -2.09. The quantitative estimate of drug-likeness (QED) is 0.641. The van der Waals surface area contributed by atoms with Gasteiger partial charge in [-0.3, -0.25) is 0 Å². The highest BCUT2D eigenvalue weighted by atomic mass is 19.4. The molecule has 0 atom stereocenters. The third kappa shape index (κ3) is 1.19. The van der Waals surface area contributed by atoms with E-state index in [1.165, 1.54) is 18.5 Å². The van der Waals surface area contributed by atoms with Gasteiger partial charge >= 0.3 is 6.18 Å². The van der Waals surface area contributed by atoms with Gasteiger partial charge in [0.1, 0.15) is 11.1 Å². The first-order chi connectivity index (χ1) is 6.50. The molecule has 0 saturated carbocycles. The van der Waals surface area contributed by atoms with Crippen molar-refractivity contribution in [3.05, 3.63) is 24.0 Å². The lowest BCUT2D eigenvalue weighted by Gasteiger charge is -2.09. The van der Waals surface area contributed by atoms with Gasteiger partial charge in [-0.25, -0.2) is 4.98 Å². The fourth-order valence-electron chi connectivity index (χ4n) is 1.32. The standard InChI is InChI=1S/C8H6F3N3/c9-8(10,11)6-4(12)1-2-5-7(6)14-3-13-5/h1-3H,12H2,(H,13,14). The number of nitrogens with two attached hydrogens (primary N) is 1. The fourth-order valence-corrected chi connectivity index (χ4v) is 1.32. The van der Waals surface area contributed by atoms with E-state index >= 15 is 0 Å². The van der Waals surface area contributed by atoms with Crippen molar-refractivity contribution in [3.63, 3.8) is 0 Å². The van der Waals surface area contributed by atoms with Crippen molar-refractivity contribution in [2.45, 2.75) is 6.18 Å². The zero-order valence-electron chi connectivity index (χ0n) is 6.89. The Labute approximate surface area is 76.7 Å². The first-order valence-corrected chi connectivity index (χ1v) is 3.79. The molecule has 74 valence electrons. The van der Waals surface area contributed by atoms with Gasteiger partial charge in [-0.1, -0.05) is 0 Å². The van der Waals surface area contributed by atoms with Gasteiger partial charge in [0.15, 0.2) is 0 Å². The molecule has 2 aromatic rings. The predicted octanol–water partition coefficient (Wildman–Crippen LogP) is 2.16. The number of nitrogen functional groups attached to an aromatic ring is 1. The van der Waals surface area contributed by atoms with Crippen LogP contribution in [0.3, 0.4) is 0 Å². The van der Waals surface area contributed by atoms with Gasteiger partial charge in [0.25, 0.3) is 0 Å². The molecule has 0 aliphatic rings. The number of halogens is 3. The highest BCUT2D eigenvalue weighted by molar-refractivity contribution is 5.84. The predicted molar refractivity (Wildman–Crippen MR) is 45.5 cm³/mol. The van der Waals surface area contributed by atoms with Crippen LogP contribution in [0, 0.1) is 0 Å². The SMILES string of the molecule is Nc1ccc2[nH]cnc2c1C(F)(F)F. The van der Waals surface area contributed by atoms with Gasteiger partial charge < -0.3 is 10.7 Å². The third-order valence-corrected chi connectivity index (χ3v) is 1.91. The number of alkyl halides is 3. The molecule has 0 amide bonds. The van der Waals surface area contributed by atoms with Crippen LogP contribution in [0.1, 0.15) is 5.56 Å². The van der Waals surface area contributed by atoms with E-state index in [2.05, 4.69) is 9.97 Å². The van der Waals surface area contributed by atoms with Crippen LogP contribution in [0.2, 0.25) is 0 Å². The first-order valence-electron chi connectivity index (χ1n) is 3.79. The average Bonchev–Trinajstić information content (AvgIpc) is 2.48. The van der Waals surface area contributed by atoms with Gasteiger partial charge in [-0.15, -0.1) is 0 Å². The van der Waals surface area contributed by atoms with Crippen molar-refractivity contribution >= 4 is 16.7 Å². The highest BCUT2D eigenvalue weighted by Crippen LogP contribution is 2.37. The zero-order valence-corrected chi connectivity index (χ0v) is 6.89. The maximum atomic E-state index is 12.5. The fraction of sp³-hybridized carbons (Fsp3) is 0.125. The van der Waals surface area contributed by atoms with Crippen molar-refractivity contribution in [2.24, 2.45) is 0 Å². The van der Waals surface area contributed by atoms with Crippen molar-refractivity contribution < 1.29 is 13.2 Å². The Morgan fingerprint density at radius 1 is 1.29 bits per heavy atom. The van der Waals surface area contributed by atoms with E-state index in [-0.39, 0.29) is 11.2 Å². The molecule has 1 aromatic carbocycles. The van der Waals surface area contributed by atoms with Crippen LogP contribution in [0.15, 0.2) is 18.5 Å². The summed E-state index contributed by atoms with van der Waals surface area (Å²) in [6, 6.07) is 2.68. The number of fused-ring (bicyclic) bond motifs is 1. The smallest absolute Gasteiger partial charge is 0.398 e. The minimum Gasteiger partial charge on any atom is -0.398 e. The minimum atomic E-state index is -4.47. The van der Waals surface area contributed by atoms with Crippen LogP contribution in [-0.2, 0) is 6.18 Å². The summed E-state index contributed by atoms with van der Waals surface area (Å²) in [5.41, 5.74) is 4.26. The van der Waals surface area contributed by atoms with E-state index in [1.807, 2.05) is 0 Å². The minimum absolute atomic E-state index is 0.141. The van der Waals surface area contributed by atoms with Crippen molar-refractivity contribution in [2.75, 3.05) is 5.73 Å². The monoisotopic (exact) mass is 201 g/mol. The number of rotatable bonds is 0. The Hall–Kier alpha value is -1.72. The summed E-state index contributed by atoms with van der Waals surface area (Å²) < 4.78 is 37.6. The Balaban J connectivity index is 2.83. The van der Waals surface area contributed by atoms with Crippen LogP contribution in [0.5, 0.6) is 0 Å². The van der Waals surface area contributed by atoms with E-state index in [9.17, 15) is 13.2 Å². The van der Waals surface area contributed by atoms with Gasteiger partial charge in [0.2, 0.25) is 0 Å². The van der Waals surface area contributed by atoms with Crippen molar-refractivity contribution in [3.8, 4) is 0 Å². The molecule has 6 heteroatoms. The molecule has 0 radical (unpaired) electrons. The van der Waals surface area contributed by atoms with E-state index < -0.39 is 11.7 Å². The number of hydrogen-bond acceptors (Lipinski definition) is 2. The molecule has 1 aromatic heterocycles. The summed E-state index contributed by atoms with van der Waals surface area (Å²) in [5.74, 6) is 0. The second-order valence-electron chi connectivity index (χ2n) is 2.83. The summed E-state index contributed by atoms with van der Waals surface area (Å²) >= 11 is 0. The normalized spacial score (nSPS) is 12.2. The summed E-state index contributed by atoms with van der Waals surface area (Å²) in [4.78, 5) is 6.18. The topological polar surface area (TPSA) is 54.7 Å². The Morgan fingerprint density at radius 2 is 2.00 bits per heavy atom. The van der Waals surface area contributed by atoms with Crippen LogP contribution >= 0.6 is 0 Å². The van der Waals surface area contributed by atoms with Gasteiger partial charge in [-0.2, -0.15) is 13.2 Å². The van der Waals surface area contributed by atoms with E-state index in [0.717, 1.165) is 0 Å². The highest BCUT2D eigenvalue weighted by Gasteiger charge is 2.35. The number of imidazole rings is 1. The molecule has 3 N–H and O–H groups in total. The number of anilines is 1. The second-order valence-corrected chi connectivity index (χ2v) is 2.83. The molecular formula is C8H6F3N3. The van der Waals surface area contributed by atoms with E-state index in [0.29, 0.717) is 5.52 Å². The lowest BCUT2D eigenvalue weighted by molar-refractivity contribution is -0.135.